The summed E-state index contributed by atoms with van der Waals surface area (Å²) in [5.41, 5.74) is 3.38. The minimum absolute atomic E-state index is 0.0105. The molecule has 1 N–H and O–H groups in total. The van der Waals surface area contributed by atoms with E-state index >= 15 is 0 Å². The van der Waals surface area contributed by atoms with E-state index in [-0.39, 0.29) is 10.6 Å². The molecular weight excluding hydrogens is 530 g/mol. The maximum atomic E-state index is 13.5. The molecule has 0 fully saturated rings. The fourth-order valence-corrected chi connectivity index (χ4v) is 4.88. The van der Waals surface area contributed by atoms with Gasteiger partial charge in [0.25, 0.3) is 15.9 Å². The number of hydrogen-bond acceptors (Lipinski definition) is 5. The zero-order valence-electron chi connectivity index (χ0n) is 17.6. The molecule has 33 heavy (non-hydrogen) atoms. The maximum Gasteiger partial charge on any atom is 0.264 e. The summed E-state index contributed by atoms with van der Waals surface area (Å²) < 4.78 is 34.4. The summed E-state index contributed by atoms with van der Waals surface area (Å²) in [5, 5.41) is 4.34. The third kappa shape index (κ3) is 6.56. The topological polar surface area (TPSA) is 88.1 Å². The Bertz CT molecular complexity index is 1250. The average Bonchev–Trinajstić information content (AvgIpc) is 2.78. The molecule has 7 nitrogen and oxygen atoms in total. The first-order chi connectivity index (χ1) is 15.8. The van der Waals surface area contributed by atoms with Gasteiger partial charge >= 0.3 is 0 Å². The van der Waals surface area contributed by atoms with Crippen LogP contribution in [0.15, 0.2) is 87.3 Å². The van der Waals surface area contributed by atoms with Crippen molar-refractivity contribution < 1.29 is 17.9 Å². The van der Waals surface area contributed by atoms with Crippen LogP contribution in [0.5, 0.6) is 5.75 Å². The minimum Gasteiger partial charge on any atom is -0.492 e. The largest absolute Gasteiger partial charge is 0.492 e. The molecule has 0 spiro atoms. The van der Waals surface area contributed by atoms with Crippen LogP contribution in [-0.2, 0) is 14.8 Å². The lowest BCUT2D eigenvalue weighted by molar-refractivity contribution is -0.119. The normalized spacial score (nSPS) is 11.4. The number of hydrogen-bond donors (Lipinski definition) is 1. The van der Waals surface area contributed by atoms with Gasteiger partial charge in [0.1, 0.15) is 12.3 Å². The van der Waals surface area contributed by atoms with Gasteiger partial charge in [-0.3, -0.25) is 9.10 Å². The lowest BCUT2D eigenvalue weighted by Gasteiger charge is -2.25. The minimum atomic E-state index is -4.11. The van der Waals surface area contributed by atoms with Crippen LogP contribution in [-0.4, -0.2) is 33.7 Å². The van der Waals surface area contributed by atoms with Gasteiger partial charge in [-0.15, -0.1) is 0 Å². The second kappa shape index (κ2) is 11.3. The molecule has 0 aliphatic rings. The van der Waals surface area contributed by atoms with Crippen molar-refractivity contribution in [2.75, 3.05) is 17.5 Å². The van der Waals surface area contributed by atoms with E-state index in [1.54, 1.807) is 31.2 Å². The Morgan fingerprint density at radius 2 is 1.85 bits per heavy atom. The lowest BCUT2D eigenvalue weighted by atomic mass is 10.2. The highest BCUT2D eigenvalue weighted by molar-refractivity contribution is 9.10. The van der Waals surface area contributed by atoms with Gasteiger partial charge in [0.05, 0.1) is 23.4 Å². The number of halogens is 2. The Labute approximate surface area is 206 Å². The summed E-state index contributed by atoms with van der Waals surface area (Å²) in [4.78, 5) is 12.7. The van der Waals surface area contributed by atoms with Crippen LogP contribution in [0.4, 0.5) is 5.69 Å². The Balaban J connectivity index is 1.90. The van der Waals surface area contributed by atoms with Crippen molar-refractivity contribution in [2.45, 2.75) is 11.8 Å². The second-order valence-corrected chi connectivity index (χ2v) is 9.93. The van der Waals surface area contributed by atoms with Crippen molar-refractivity contribution in [1.29, 1.82) is 0 Å². The van der Waals surface area contributed by atoms with Crippen LogP contribution < -0.4 is 14.5 Å². The molecule has 0 unspecified atom stereocenters. The van der Waals surface area contributed by atoms with Gasteiger partial charge in [-0.2, -0.15) is 5.10 Å². The first kappa shape index (κ1) is 24.8. The van der Waals surface area contributed by atoms with Crippen LogP contribution >= 0.6 is 27.5 Å². The van der Waals surface area contributed by atoms with Crippen molar-refractivity contribution in [1.82, 2.24) is 5.43 Å². The van der Waals surface area contributed by atoms with E-state index in [4.69, 9.17) is 16.3 Å². The number of benzene rings is 3. The van der Waals surface area contributed by atoms with Crippen LogP contribution in [0.1, 0.15) is 12.5 Å². The van der Waals surface area contributed by atoms with E-state index in [1.807, 2.05) is 24.3 Å². The Kier molecular flexibility index (Phi) is 8.49. The zero-order valence-corrected chi connectivity index (χ0v) is 20.8. The number of rotatable bonds is 9. The van der Waals surface area contributed by atoms with E-state index < -0.39 is 22.5 Å². The van der Waals surface area contributed by atoms with E-state index in [9.17, 15) is 13.2 Å². The second-order valence-electron chi connectivity index (χ2n) is 6.71. The lowest BCUT2D eigenvalue weighted by Crippen LogP contribution is -2.39. The molecule has 0 saturated heterocycles. The number of para-hydroxylation sites is 2. The highest BCUT2D eigenvalue weighted by Gasteiger charge is 2.29. The number of ether oxygens (including phenoxy) is 1. The third-order valence-electron chi connectivity index (χ3n) is 4.37. The number of anilines is 1. The summed E-state index contributed by atoms with van der Waals surface area (Å²) >= 11 is 9.28. The number of carbonyl (C=O) groups excluding carboxylic acids is 1. The number of hydrazone groups is 1. The van der Waals surface area contributed by atoms with E-state index in [0.29, 0.717) is 17.4 Å². The quantitative estimate of drug-likeness (QED) is 0.305. The van der Waals surface area contributed by atoms with Crippen LogP contribution in [0.3, 0.4) is 0 Å². The molecule has 3 rings (SSSR count). The molecule has 0 bridgehead atoms. The van der Waals surface area contributed by atoms with Crippen molar-refractivity contribution in [3.8, 4) is 5.75 Å². The molecule has 3 aromatic rings. The van der Waals surface area contributed by atoms with Crippen LogP contribution in [0.25, 0.3) is 0 Å². The molecule has 0 aromatic heterocycles. The standard InChI is InChI=1S/C23H21BrClN3O4S/c1-2-32-22-9-4-3-8-21(22)28(33(30,31)20-12-10-19(25)11-13-20)16-23(29)27-26-15-17-6-5-7-18(24)14-17/h3-15H,2,16H2,1H3,(H,27,29)/b26-15-. The molecule has 0 radical (unpaired) electrons. The number of nitrogens with one attached hydrogen (secondary N) is 1. The Hall–Kier alpha value is -2.88. The molecular formula is C23H21BrClN3O4S. The highest BCUT2D eigenvalue weighted by Crippen LogP contribution is 2.32. The summed E-state index contributed by atoms with van der Waals surface area (Å²) in [6.07, 6.45) is 1.47. The predicted molar refractivity (Wildman–Crippen MR) is 133 cm³/mol. The van der Waals surface area contributed by atoms with Crippen molar-refractivity contribution in [2.24, 2.45) is 5.10 Å². The first-order valence-corrected chi connectivity index (χ1v) is 12.5. The zero-order chi connectivity index (χ0) is 23.8. The molecule has 0 heterocycles. The first-order valence-electron chi connectivity index (χ1n) is 9.89. The molecule has 0 atom stereocenters. The number of amides is 1. The van der Waals surface area contributed by atoms with Gasteiger partial charge in [-0.25, -0.2) is 13.8 Å². The summed E-state index contributed by atoms with van der Waals surface area (Å²) in [5.74, 6) is -0.284. The van der Waals surface area contributed by atoms with Gasteiger partial charge in [-0.05, 0) is 61.0 Å². The predicted octanol–water partition coefficient (Wildman–Crippen LogP) is 4.85. The fourth-order valence-electron chi connectivity index (χ4n) is 2.91. The summed E-state index contributed by atoms with van der Waals surface area (Å²) in [7, 11) is -4.11. The molecule has 3 aromatic carbocycles. The molecule has 0 aliphatic heterocycles. The van der Waals surface area contributed by atoms with Crippen LogP contribution in [0.2, 0.25) is 5.02 Å². The fraction of sp³-hybridized carbons (Fsp3) is 0.130. The maximum absolute atomic E-state index is 13.5. The number of carbonyl (C=O) groups is 1. The van der Waals surface area contributed by atoms with E-state index in [2.05, 4.69) is 26.5 Å². The monoisotopic (exact) mass is 549 g/mol. The highest BCUT2D eigenvalue weighted by atomic mass is 79.9. The molecule has 0 aliphatic carbocycles. The van der Waals surface area contributed by atoms with Gasteiger partial charge in [0, 0.05) is 9.50 Å². The number of nitrogens with zero attached hydrogens (tertiary/aromatic N) is 2. The molecule has 172 valence electrons. The van der Waals surface area contributed by atoms with E-state index in [0.717, 1.165) is 14.3 Å². The van der Waals surface area contributed by atoms with Crippen LogP contribution in [0, 0.1) is 0 Å². The SMILES string of the molecule is CCOc1ccccc1N(CC(=O)N/N=C\c1cccc(Br)c1)S(=O)(=O)c1ccc(Cl)cc1. The Morgan fingerprint density at radius 1 is 1.12 bits per heavy atom. The summed E-state index contributed by atoms with van der Waals surface area (Å²) in [6.45, 7) is 1.61. The van der Waals surface area contributed by atoms with Crippen molar-refractivity contribution in [3.63, 3.8) is 0 Å². The van der Waals surface area contributed by atoms with Gasteiger partial charge in [0.15, 0.2) is 0 Å². The van der Waals surface area contributed by atoms with Gasteiger partial charge in [0.2, 0.25) is 0 Å². The van der Waals surface area contributed by atoms with E-state index in [1.165, 1.54) is 30.5 Å². The van der Waals surface area contributed by atoms with Crippen molar-refractivity contribution in [3.05, 3.63) is 87.9 Å². The smallest absolute Gasteiger partial charge is 0.264 e. The molecule has 10 heteroatoms. The van der Waals surface area contributed by atoms with Gasteiger partial charge in [-0.1, -0.05) is 51.8 Å². The van der Waals surface area contributed by atoms with Gasteiger partial charge < -0.3 is 4.74 Å². The summed E-state index contributed by atoms with van der Waals surface area (Å²) in [6, 6.07) is 19.7. The average molecular weight is 551 g/mol. The molecule has 1 amide bonds. The molecule has 0 saturated carbocycles. The third-order valence-corrected chi connectivity index (χ3v) is 6.89. The Morgan fingerprint density at radius 3 is 2.55 bits per heavy atom. The number of sulfonamides is 1. The van der Waals surface area contributed by atoms with Crippen molar-refractivity contribution >= 4 is 55.4 Å².